The van der Waals surface area contributed by atoms with Crippen molar-refractivity contribution < 1.29 is 8.83 Å². The third-order valence-corrected chi connectivity index (χ3v) is 9.84. The van der Waals surface area contributed by atoms with Crippen molar-refractivity contribution in [3.05, 3.63) is 139 Å². The standard InChI is InChI=1S/C45H35NO2/c1-26(2)37-24-31(28-12-6-5-7-13-28)25-38(27(3)4)41(37)35-17-11-19-39-43(35)48-45(46-39)36-18-10-16-33-34-23-22-30-21-20-29-14-8-9-15-32(29)40(30)44(34)47-42(33)36/h5-27H,1-4H3. The molecule has 2 aromatic heterocycles. The van der Waals surface area contributed by atoms with Crippen molar-refractivity contribution in [1.29, 1.82) is 0 Å². The lowest BCUT2D eigenvalue weighted by Crippen LogP contribution is -2.01. The number of hydrogen-bond acceptors (Lipinski definition) is 3. The van der Waals surface area contributed by atoms with Gasteiger partial charge in [0.1, 0.15) is 16.7 Å². The number of furan rings is 1. The molecule has 0 spiro atoms. The van der Waals surface area contributed by atoms with E-state index in [1.807, 2.05) is 6.07 Å². The van der Waals surface area contributed by atoms with Gasteiger partial charge in [-0.05, 0) is 74.0 Å². The van der Waals surface area contributed by atoms with Gasteiger partial charge in [-0.2, -0.15) is 0 Å². The molecule has 0 saturated heterocycles. The quantitative estimate of drug-likeness (QED) is 0.180. The van der Waals surface area contributed by atoms with Crippen molar-refractivity contribution in [2.45, 2.75) is 39.5 Å². The zero-order chi connectivity index (χ0) is 32.5. The largest absolute Gasteiger partial charge is 0.455 e. The fourth-order valence-electron chi connectivity index (χ4n) is 7.48. The molecular weight excluding hydrogens is 587 g/mol. The summed E-state index contributed by atoms with van der Waals surface area (Å²) < 4.78 is 13.6. The molecule has 0 atom stereocenters. The first-order valence-corrected chi connectivity index (χ1v) is 16.9. The van der Waals surface area contributed by atoms with Crippen LogP contribution in [0.2, 0.25) is 0 Å². The van der Waals surface area contributed by atoms with Gasteiger partial charge >= 0.3 is 0 Å². The van der Waals surface area contributed by atoms with Gasteiger partial charge in [-0.25, -0.2) is 4.98 Å². The highest BCUT2D eigenvalue weighted by atomic mass is 16.4. The number of para-hydroxylation sites is 2. The van der Waals surface area contributed by atoms with Gasteiger partial charge < -0.3 is 8.83 Å². The minimum Gasteiger partial charge on any atom is -0.455 e. The maximum atomic E-state index is 6.83. The summed E-state index contributed by atoms with van der Waals surface area (Å²) in [4.78, 5) is 5.09. The maximum Gasteiger partial charge on any atom is 0.231 e. The maximum absolute atomic E-state index is 6.83. The molecular formula is C45H35NO2. The summed E-state index contributed by atoms with van der Waals surface area (Å²) in [5.41, 5.74) is 11.6. The zero-order valence-electron chi connectivity index (χ0n) is 27.5. The summed E-state index contributed by atoms with van der Waals surface area (Å²) in [7, 11) is 0. The number of rotatable bonds is 5. The van der Waals surface area contributed by atoms with Gasteiger partial charge in [0.2, 0.25) is 5.89 Å². The lowest BCUT2D eigenvalue weighted by molar-refractivity contribution is 0.616. The Hall–Kier alpha value is -5.67. The van der Waals surface area contributed by atoms with Crippen molar-refractivity contribution in [2.24, 2.45) is 0 Å². The first kappa shape index (κ1) is 28.5. The Morgan fingerprint density at radius 1 is 0.479 bits per heavy atom. The Kier molecular flexibility index (Phi) is 6.52. The molecule has 232 valence electrons. The lowest BCUT2D eigenvalue weighted by Gasteiger charge is -2.22. The topological polar surface area (TPSA) is 39.2 Å². The molecule has 0 unspecified atom stereocenters. The number of hydrogen-bond donors (Lipinski definition) is 0. The monoisotopic (exact) mass is 621 g/mol. The molecule has 3 nitrogen and oxygen atoms in total. The van der Waals surface area contributed by atoms with Crippen LogP contribution in [0.4, 0.5) is 0 Å². The minimum absolute atomic E-state index is 0.314. The van der Waals surface area contributed by atoms with E-state index >= 15 is 0 Å². The fourth-order valence-corrected chi connectivity index (χ4v) is 7.48. The first-order chi connectivity index (χ1) is 23.5. The van der Waals surface area contributed by atoms with Crippen molar-refractivity contribution >= 4 is 54.6 Å². The van der Waals surface area contributed by atoms with Crippen LogP contribution in [0.1, 0.15) is 50.7 Å². The molecule has 0 fully saturated rings. The van der Waals surface area contributed by atoms with Crippen LogP contribution in [-0.4, -0.2) is 4.98 Å². The van der Waals surface area contributed by atoms with Crippen LogP contribution in [-0.2, 0) is 0 Å². The van der Waals surface area contributed by atoms with E-state index in [9.17, 15) is 0 Å². The predicted octanol–water partition coefficient (Wildman–Crippen LogP) is 13.3. The van der Waals surface area contributed by atoms with Gasteiger partial charge in [-0.15, -0.1) is 0 Å². The molecule has 0 aliphatic rings. The van der Waals surface area contributed by atoms with E-state index in [-0.39, 0.29) is 0 Å². The third-order valence-electron chi connectivity index (χ3n) is 9.84. The number of benzene rings is 7. The van der Waals surface area contributed by atoms with E-state index in [1.165, 1.54) is 38.6 Å². The van der Waals surface area contributed by atoms with E-state index in [4.69, 9.17) is 13.8 Å². The van der Waals surface area contributed by atoms with Gasteiger partial charge in [0.25, 0.3) is 0 Å². The molecule has 3 heteroatoms. The van der Waals surface area contributed by atoms with Crippen molar-refractivity contribution in [1.82, 2.24) is 4.98 Å². The molecule has 2 heterocycles. The highest BCUT2D eigenvalue weighted by molar-refractivity contribution is 6.23. The van der Waals surface area contributed by atoms with Gasteiger partial charge in [0, 0.05) is 21.7 Å². The molecule has 0 bridgehead atoms. The number of oxazole rings is 1. The van der Waals surface area contributed by atoms with Gasteiger partial charge in [-0.3, -0.25) is 0 Å². The first-order valence-electron chi connectivity index (χ1n) is 16.9. The van der Waals surface area contributed by atoms with Crippen LogP contribution < -0.4 is 0 Å². The lowest BCUT2D eigenvalue weighted by atomic mass is 9.82. The highest BCUT2D eigenvalue weighted by Gasteiger charge is 2.24. The van der Waals surface area contributed by atoms with Gasteiger partial charge in [0.15, 0.2) is 5.58 Å². The second-order valence-corrected chi connectivity index (χ2v) is 13.5. The van der Waals surface area contributed by atoms with Crippen molar-refractivity contribution in [2.75, 3.05) is 0 Å². The zero-order valence-corrected chi connectivity index (χ0v) is 27.5. The smallest absolute Gasteiger partial charge is 0.231 e. The Labute approximate surface area is 279 Å². The molecule has 0 N–H and O–H groups in total. The van der Waals surface area contributed by atoms with Crippen LogP contribution in [0.25, 0.3) is 88.3 Å². The summed E-state index contributed by atoms with van der Waals surface area (Å²) in [5, 5.41) is 6.83. The van der Waals surface area contributed by atoms with Crippen molar-refractivity contribution in [3.8, 4) is 33.7 Å². The molecule has 0 aliphatic heterocycles. The van der Waals surface area contributed by atoms with Crippen LogP contribution in [0.3, 0.4) is 0 Å². The third kappa shape index (κ3) is 4.38. The summed E-state index contributed by atoms with van der Waals surface area (Å²) in [6, 6.07) is 45.2. The summed E-state index contributed by atoms with van der Waals surface area (Å²) in [6.45, 7) is 9.11. The molecule has 7 aromatic carbocycles. The normalized spacial score (nSPS) is 12.1. The Morgan fingerprint density at radius 2 is 1.12 bits per heavy atom. The molecule has 48 heavy (non-hydrogen) atoms. The summed E-state index contributed by atoms with van der Waals surface area (Å²) >= 11 is 0. The van der Waals surface area contributed by atoms with Crippen LogP contribution in [0, 0.1) is 0 Å². The van der Waals surface area contributed by atoms with Gasteiger partial charge in [0.05, 0.1) is 5.56 Å². The summed E-state index contributed by atoms with van der Waals surface area (Å²) in [6.07, 6.45) is 0. The van der Waals surface area contributed by atoms with E-state index in [0.717, 1.165) is 54.9 Å². The number of nitrogens with zero attached hydrogens (tertiary/aromatic N) is 1. The van der Waals surface area contributed by atoms with Crippen LogP contribution in [0.15, 0.2) is 136 Å². The average Bonchev–Trinajstić information content (AvgIpc) is 3.73. The molecule has 0 aliphatic carbocycles. The highest BCUT2D eigenvalue weighted by Crippen LogP contribution is 2.45. The van der Waals surface area contributed by atoms with Crippen molar-refractivity contribution in [3.63, 3.8) is 0 Å². The fraction of sp³-hybridized carbons (Fsp3) is 0.133. The Morgan fingerprint density at radius 3 is 1.92 bits per heavy atom. The number of aromatic nitrogens is 1. The van der Waals surface area contributed by atoms with Crippen LogP contribution in [0.5, 0.6) is 0 Å². The SMILES string of the molecule is CC(C)c1cc(-c2ccccc2)cc(C(C)C)c1-c1cccc2nc(-c3cccc4c3oc3c4ccc4ccc5ccccc5c43)oc12. The van der Waals surface area contributed by atoms with E-state index < -0.39 is 0 Å². The minimum atomic E-state index is 0.314. The van der Waals surface area contributed by atoms with Crippen LogP contribution >= 0.6 is 0 Å². The second-order valence-electron chi connectivity index (χ2n) is 13.5. The Balaban J connectivity index is 1.27. The van der Waals surface area contributed by atoms with Gasteiger partial charge in [-0.1, -0.05) is 137 Å². The van der Waals surface area contributed by atoms with E-state index in [2.05, 4.69) is 149 Å². The molecule has 0 radical (unpaired) electrons. The second kappa shape index (κ2) is 11.0. The predicted molar refractivity (Wildman–Crippen MR) is 201 cm³/mol. The molecule has 9 rings (SSSR count). The average molecular weight is 622 g/mol. The van der Waals surface area contributed by atoms with E-state index in [1.54, 1.807) is 0 Å². The Bertz CT molecular complexity index is 2640. The number of fused-ring (bicyclic) bond motifs is 8. The molecule has 9 aromatic rings. The molecule has 0 amide bonds. The summed E-state index contributed by atoms with van der Waals surface area (Å²) in [5.74, 6) is 1.19. The van der Waals surface area contributed by atoms with E-state index in [0.29, 0.717) is 17.7 Å². The molecule has 0 saturated carbocycles.